The molecule has 0 spiro atoms. The Hall–Kier alpha value is -1.36. The van der Waals surface area contributed by atoms with Crippen LogP contribution in [0.1, 0.15) is 30.6 Å². The van der Waals surface area contributed by atoms with Gasteiger partial charge < -0.3 is 11.1 Å². The van der Waals surface area contributed by atoms with E-state index in [1.54, 1.807) is 32.0 Å². The van der Waals surface area contributed by atoms with Crippen molar-refractivity contribution in [3.8, 4) is 0 Å². The van der Waals surface area contributed by atoms with Gasteiger partial charge in [-0.2, -0.15) is 0 Å². The van der Waals surface area contributed by atoms with Crippen molar-refractivity contribution in [2.75, 3.05) is 0 Å². The van der Waals surface area contributed by atoms with Gasteiger partial charge in [-0.3, -0.25) is 9.59 Å². The van der Waals surface area contributed by atoms with E-state index in [4.69, 9.17) is 5.73 Å². The number of primary amides is 1. The van der Waals surface area contributed by atoms with Gasteiger partial charge in [0.2, 0.25) is 5.91 Å². The monoisotopic (exact) mass is 298 g/mol. The fourth-order valence-electron chi connectivity index (χ4n) is 1.50. The first-order chi connectivity index (χ1) is 7.82. The summed E-state index contributed by atoms with van der Waals surface area (Å²) in [5.41, 5.74) is 5.00. The van der Waals surface area contributed by atoms with Crippen LogP contribution in [0.4, 0.5) is 0 Å². The maximum atomic E-state index is 12.0. The summed E-state index contributed by atoms with van der Waals surface area (Å²) >= 11 is 3.30. The molecule has 92 valence electrons. The Morgan fingerprint density at radius 2 is 1.94 bits per heavy atom. The zero-order valence-electron chi connectivity index (χ0n) is 9.79. The first kappa shape index (κ1) is 13.7. The third-order valence-corrected chi connectivity index (χ3v) is 2.88. The van der Waals surface area contributed by atoms with E-state index in [-0.39, 0.29) is 12.3 Å². The third-order valence-electron chi connectivity index (χ3n) is 2.19. The highest BCUT2D eigenvalue weighted by Crippen LogP contribution is 2.17. The zero-order valence-corrected chi connectivity index (χ0v) is 11.4. The minimum Gasteiger partial charge on any atom is -0.370 e. The molecule has 0 fully saturated rings. The number of hydrogen-bond acceptors (Lipinski definition) is 2. The molecule has 0 saturated heterocycles. The van der Waals surface area contributed by atoms with Crippen molar-refractivity contribution in [2.24, 2.45) is 5.73 Å². The second kappa shape index (κ2) is 5.31. The smallest absolute Gasteiger partial charge is 0.252 e. The molecule has 0 bridgehead atoms. The molecule has 0 saturated carbocycles. The van der Waals surface area contributed by atoms with E-state index in [0.717, 1.165) is 0 Å². The highest BCUT2D eigenvalue weighted by molar-refractivity contribution is 9.10. The Balaban J connectivity index is 2.79. The molecule has 17 heavy (non-hydrogen) atoms. The number of hydrogen-bond donors (Lipinski definition) is 2. The minimum atomic E-state index is -0.655. The number of carbonyl (C=O) groups excluding carboxylic acids is 2. The van der Waals surface area contributed by atoms with Gasteiger partial charge in [0.15, 0.2) is 0 Å². The average Bonchev–Trinajstić information content (AvgIpc) is 2.14. The third kappa shape index (κ3) is 4.19. The maximum absolute atomic E-state index is 12.0. The molecular formula is C12H15BrN2O2. The fraction of sp³-hybridized carbons (Fsp3) is 0.333. The molecule has 0 heterocycles. The summed E-state index contributed by atoms with van der Waals surface area (Å²) in [6, 6.07) is 7.10. The van der Waals surface area contributed by atoms with Gasteiger partial charge in [0, 0.05) is 16.4 Å². The molecule has 0 aromatic heterocycles. The van der Waals surface area contributed by atoms with Crippen LogP contribution in [0, 0.1) is 0 Å². The highest BCUT2D eigenvalue weighted by atomic mass is 79.9. The van der Waals surface area contributed by atoms with Crippen LogP contribution < -0.4 is 11.1 Å². The van der Waals surface area contributed by atoms with Gasteiger partial charge >= 0.3 is 0 Å². The zero-order chi connectivity index (χ0) is 13.1. The Labute approximate surface area is 109 Å². The molecule has 0 aliphatic rings. The summed E-state index contributed by atoms with van der Waals surface area (Å²) in [5.74, 6) is -0.675. The Morgan fingerprint density at radius 3 is 2.47 bits per heavy atom. The van der Waals surface area contributed by atoms with Crippen LogP contribution in [0.3, 0.4) is 0 Å². The molecule has 1 aromatic rings. The normalized spacial score (nSPS) is 11.0. The number of benzene rings is 1. The van der Waals surface area contributed by atoms with Crippen LogP contribution in [0.15, 0.2) is 28.7 Å². The number of nitrogens with one attached hydrogen (secondary N) is 1. The SMILES string of the molecule is CC(C)(CC(N)=O)NC(=O)c1ccccc1Br. The molecule has 1 aromatic carbocycles. The van der Waals surface area contributed by atoms with Gasteiger partial charge in [-0.1, -0.05) is 12.1 Å². The lowest BCUT2D eigenvalue weighted by Gasteiger charge is -2.25. The van der Waals surface area contributed by atoms with Gasteiger partial charge in [0.05, 0.1) is 5.56 Å². The average molecular weight is 299 g/mol. The number of halogens is 1. The lowest BCUT2D eigenvalue weighted by Crippen LogP contribution is -2.46. The van der Waals surface area contributed by atoms with Crippen molar-refractivity contribution >= 4 is 27.7 Å². The second-order valence-electron chi connectivity index (χ2n) is 4.46. The van der Waals surface area contributed by atoms with Crippen LogP contribution in [0.2, 0.25) is 0 Å². The van der Waals surface area contributed by atoms with Crippen molar-refractivity contribution in [1.29, 1.82) is 0 Å². The summed E-state index contributed by atoms with van der Waals surface area (Å²) in [7, 11) is 0. The molecule has 5 heteroatoms. The Morgan fingerprint density at radius 1 is 1.35 bits per heavy atom. The standard InChI is InChI=1S/C12H15BrN2O2/c1-12(2,7-10(14)16)15-11(17)8-5-3-4-6-9(8)13/h3-6H,7H2,1-2H3,(H2,14,16)(H,15,17). The van der Waals surface area contributed by atoms with E-state index in [1.807, 2.05) is 6.07 Å². The summed E-state index contributed by atoms with van der Waals surface area (Å²) in [6.07, 6.45) is 0.100. The first-order valence-electron chi connectivity index (χ1n) is 5.17. The Bertz CT molecular complexity index is 444. The van der Waals surface area contributed by atoms with Gasteiger partial charge in [0.1, 0.15) is 0 Å². The van der Waals surface area contributed by atoms with Crippen LogP contribution in [-0.4, -0.2) is 17.4 Å². The van der Waals surface area contributed by atoms with Gasteiger partial charge in [-0.25, -0.2) is 0 Å². The fourth-order valence-corrected chi connectivity index (χ4v) is 1.96. The highest BCUT2D eigenvalue weighted by Gasteiger charge is 2.24. The van der Waals surface area contributed by atoms with E-state index < -0.39 is 11.4 Å². The van der Waals surface area contributed by atoms with Gasteiger partial charge in [-0.05, 0) is 41.9 Å². The summed E-state index contributed by atoms with van der Waals surface area (Å²) in [4.78, 5) is 22.8. The lowest BCUT2D eigenvalue weighted by atomic mass is 9.99. The first-order valence-corrected chi connectivity index (χ1v) is 5.96. The molecule has 2 amide bonds. The van der Waals surface area contributed by atoms with Gasteiger partial charge in [-0.15, -0.1) is 0 Å². The minimum absolute atomic E-state index is 0.100. The van der Waals surface area contributed by atoms with E-state index in [0.29, 0.717) is 10.0 Å². The quantitative estimate of drug-likeness (QED) is 0.890. The molecule has 1 rings (SSSR count). The van der Waals surface area contributed by atoms with Crippen LogP contribution in [0.25, 0.3) is 0 Å². The molecule has 0 radical (unpaired) electrons. The number of carbonyl (C=O) groups is 2. The summed E-state index contributed by atoms with van der Waals surface area (Å²) < 4.78 is 0.715. The van der Waals surface area contributed by atoms with E-state index in [2.05, 4.69) is 21.2 Å². The van der Waals surface area contributed by atoms with Crippen LogP contribution in [0.5, 0.6) is 0 Å². The topological polar surface area (TPSA) is 72.2 Å². The lowest BCUT2D eigenvalue weighted by molar-refractivity contribution is -0.119. The largest absolute Gasteiger partial charge is 0.370 e. The Kier molecular flexibility index (Phi) is 4.28. The predicted molar refractivity (Wildman–Crippen MR) is 69.5 cm³/mol. The molecule has 4 nitrogen and oxygen atoms in total. The summed E-state index contributed by atoms with van der Waals surface area (Å²) in [5, 5.41) is 2.77. The van der Waals surface area contributed by atoms with Crippen molar-refractivity contribution in [2.45, 2.75) is 25.8 Å². The summed E-state index contributed by atoms with van der Waals surface area (Å²) in [6.45, 7) is 3.51. The van der Waals surface area contributed by atoms with Crippen molar-refractivity contribution in [3.63, 3.8) is 0 Å². The molecule has 0 unspecified atom stereocenters. The van der Waals surface area contributed by atoms with Crippen molar-refractivity contribution in [3.05, 3.63) is 34.3 Å². The van der Waals surface area contributed by atoms with Crippen LogP contribution in [-0.2, 0) is 4.79 Å². The second-order valence-corrected chi connectivity index (χ2v) is 5.32. The van der Waals surface area contributed by atoms with Gasteiger partial charge in [0.25, 0.3) is 5.91 Å². The molecule has 3 N–H and O–H groups in total. The maximum Gasteiger partial charge on any atom is 0.252 e. The number of rotatable bonds is 4. The van der Waals surface area contributed by atoms with E-state index >= 15 is 0 Å². The molecule has 0 atom stereocenters. The van der Waals surface area contributed by atoms with E-state index in [1.165, 1.54) is 0 Å². The number of nitrogens with two attached hydrogens (primary N) is 1. The van der Waals surface area contributed by atoms with E-state index in [9.17, 15) is 9.59 Å². The van der Waals surface area contributed by atoms with Crippen molar-refractivity contribution in [1.82, 2.24) is 5.32 Å². The van der Waals surface area contributed by atoms with Crippen molar-refractivity contribution < 1.29 is 9.59 Å². The molecule has 0 aliphatic heterocycles. The molecular weight excluding hydrogens is 284 g/mol. The number of amides is 2. The molecule has 0 aliphatic carbocycles. The predicted octanol–water partition coefficient (Wildman–Crippen LogP) is 1.83. The van der Waals surface area contributed by atoms with Crippen LogP contribution >= 0.6 is 15.9 Å².